The average Bonchev–Trinajstić information content (AvgIpc) is 3.16. The van der Waals surface area contributed by atoms with E-state index in [1.807, 2.05) is 38.1 Å². The number of benzene rings is 2. The van der Waals surface area contributed by atoms with Gasteiger partial charge >= 0.3 is 12.1 Å². The highest BCUT2D eigenvalue weighted by molar-refractivity contribution is 5.93. The van der Waals surface area contributed by atoms with Crippen LogP contribution in [0.3, 0.4) is 0 Å². The van der Waals surface area contributed by atoms with E-state index >= 15 is 0 Å². The molecule has 3 N–H and O–H groups in total. The van der Waals surface area contributed by atoms with Gasteiger partial charge < -0.3 is 20.5 Å². The first kappa shape index (κ1) is 24.8. The Morgan fingerprint density at radius 1 is 1.09 bits per heavy atom. The number of carbonyl (C=O) groups is 3. The van der Waals surface area contributed by atoms with Gasteiger partial charge in [0.1, 0.15) is 18.2 Å². The number of nitrogens with one attached hydrogen (secondary N) is 2. The maximum absolute atomic E-state index is 13.3. The van der Waals surface area contributed by atoms with Crippen molar-refractivity contribution < 1.29 is 24.2 Å². The Morgan fingerprint density at radius 2 is 1.71 bits per heavy atom. The third kappa shape index (κ3) is 5.19. The van der Waals surface area contributed by atoms with Crippen molar-refractivity contribution in [2.24, 2.45) is 5.92 Å². The summed E-state index contributed by atoms with van der Waals surface area (Å²) >= 11 is 0. The number of carboxylic acid groups (broad SMARTS) is 1. The topological polar surface area (TPSA) is 105 Å². The number of rotatable bonds is 8. The largest absolute Gasteiger partial charge is 0.480 e. The summed E-state index contributed by atoms with van der Waals surface area (Å²) in [5.74, 6) is -1.37. The van der Waals surface area contributed by atoms with E-state index in [1.54, 1.807) is 0 Å². The molecular weight excluding hydrogens is 444 g/mol. The first-order valence-electron chi connectivity index (χ1n) is 12.5. The molecule has 2 aromatic carbocycles. The lowest BCUT2D eigenvalue weighted by Crippen LogP contribution is -2.62. The zero-order chi connectivity index (χ0) is 25.0. The molecule has 7 heteroatoms. The SMILES string of the molecule is CCC[C@H](NC(=O)C1(NC(=O)OCC2c3ccccc3-c3ccccc32)CCCC(C)C1)C(=O)O. The molecule has 2 aliphatic carbocycles. The van der Waals surface area contributed by atoms with Gasteiger partial charge in [-0.15, -0.1) is 0 Å². The second-order valence-corrected chi connectivity index (χ2v) is 9.89. The van der Waals surface area contributed by atoms with Gasteiger partial charge in [-0.1, -0.05) is 81.6 Å². The van der Waals surface area contributed by atoms with Crippen molar-refractivity contribution >= 4 is 18.0 Å². The van der Waals surface area contributed by atoms with Crippen molar-refractivity contribution in [3.05, 3.63) is 59.7 Å². The molecule has 0 radical (unpaired) electrons. The Hall–Kier alpha value is -3.35. The van der Waals surface area contributed by atoms with E-state index in [4.69, 9.17) is 4.74 Å². The molecule has 0 bridgehead atoms. The summed E-state index contributed by atoms with van der Waals surface area (Å²) in [6.07, 6.45) is 2.92. The smallest absolute Gasteiger partial charge is 0.408 e. The van der Waals surface area contributed by atoms with Crippen LogP contribution in [0.2, 0.25) is 0 Å². The van der Waals surface area contributed by atoms with Crippen LogP contribution in [0.5, 0.6) is 0 Å². The maximum atomic E-state index is 13.3. The molecule has 1 saturated carbocycles. The summed E-state index contributed by atoms with van der Waals surface area (Å²) < 4.78 is 5.71. The highest BCUT2D eigenvalue weighted by Gasteiger charge is 2.44. The number of carboxylic acids is 1. The average molecular weight is 479 g/mol. The van der Waals surface area contributed by atoms with Crippen LogP contribution in [0.1, 0.15) is 69.4 Å². The highest BCUT2D eigenvalue weighted by Crippen LogP contribution is 2.44. The second kappa shape index (κ2) is 10.5. The lowest BCUT2D eigenvalue weighted by Gasteiger charge is -2.39. The Kier molecular flexibility index (Phi) is 7.43. The van der Waals surface area contributed by atoms with Crippen LogP contribution in [0.4, 0.5) is 4.79 Å². The first-order valence-corrected chi connectivity index (χ1v) is 12.5. The molecule has 4 rings (SSSR count). The lowest BCUT2D eigenvalue weighted by molar-refractivity contribution is -0.143. The molecule has 2 aliphatic rings. The number of hydrogen-bond donors (Lipinski definition) is 3. The van der Waals surface area contributed by atoms with Gasteiger partial charge in [0.15, 0.2) is 0 Å². The van der Waals surface area contributed by atoms with E-state index in [9.17, 15) is 19.5 Å². The molecule has 1 fully saturated rings. The van der Waals surface area contributed by atoms with E-state index in [2.05, 4.69) is 34.9 Å². The predicted octanol–water partition coefficient (Wildman–Crippen LogP) is 4.84. The third-order valence-corrected chi connectivity index (χ3v) is 7.30. The zero-order valence-electron chi connectivity index (χ0n) is 20.4. The van der Waals surface area contributed by atoms with Crippen LogP contribution < -0.4 is 10.6 Å². The highest BCUT2D eigenvalue weighted by atomic mass is 16.5. The minimum atomic E-state index is -1.18. The molecule has 0 aromatic heterocycles. The van der Waals surface area contributed by atoms with E-state index < -0.39 is 29.6 Å². The fourth-order valence-electron chi connectivity index (χ4n) is 5.60. The normalized spacial score (nSPS) is 21.9. The lowest BCUT2D eigenvalue weighted by atomic mass is 9.75. The van der Waals surface area contributed by atoms with Crippen LogP contribution in [0.25, 0.3) is 11.1 Å². The monoisotopic (exact) mass is 478 g/mol. The summed E-state index contributed by atoms with van der Waals surface area (Å²) in [5, 5.41) is 15.0. The van der Waals surface area contributed by atoms with Crippen molar-refractivity contribution in [3.63, 3.8) is 0 Å². The van der Waals surface area contributed by atoms with Gasteiger partial charge in [0.2, 0.25) is 5.91 Å². The molecule has 0 aliphatic heterocycles. The fraction of sp³-hybridized carbons (Fsp3) is 0.464. The molecule has 0 saturated heterocycles. The number of amides is 2. The Bertz CT molecular complexity index is 1050. The Morgan fingerprint density at radius 3 is 2.29 bits per heavy atom. The summed E-state index contributed by atoms with van der Waals surface area (Å²) in [7, 11) is 0. The summed E-state index contributed by atoms with van der Waals surface area (Å²) in [6.45, 7) is 4.07. The quantitative estimate of drug-likeness (QED) is 0.503. The van der Waals surface area contributed by atoms with Gasteiger partial charge in [-0.3, -0.25) is 4.79 Å². The maximum Gasteiger partial charge on any atom is 0.408 e. The second-order valence-electron chi connectivity index (χ2n) is 9.89. The summed E-state index contributed by atoms with van der Waals surface area (Å²) in [5.41, 5.74) is 3.34. The number of carbonyl (C=O) groups excluding carboxylic acids is 2. The first-order chi connectivity index (χ1) is 16.8. The summed E-state index contributed by atoms with van der Waals surface area (Å²) in [6, 6.07) is 15.2. The van der Waals surface area contributed by atoms with Crippen molar-refractivity contribution in [3.8, 4) is 11.1 Å². The molecule has 0 heterocycles. The standard InChI is InChI=1S/C28H34N2O5/c1-3-9-24(25(31)32)29-26(33)28(15-8-10-18(2)16-28)30-27(34)35-17-23-21-13-6-4-11-19(21)20-12-5-7-14-22(20)23/h4-7,11-14,18,23-24H,3,8-10,15-17H2,1-2H3,(H,29,33)(H,30,34)(H,31,32)/t18?,24-,28?/m0/s1. The molecule has 7 nitrogen and oxygen atoms in total. The van der Waals surface area contributed by atoms with Gasteiger partial charge in [-0.25, -0.2) is 9.59 Å². The number of alkyl carbamates (subject to hydrolysis) is 1. The summed E-state index contributed by atoms with van der Waals surface area (Å²) in [4.78, 5) is 38.0. The van der Waals surface area contributed by atoms with Crippen LogP contribution in [-0.4, -0.2) is 41.3 Å². The van der Waals surface area contributed by atoms with Crippen LogP contribution in [-0.2, 0) is 14.3 Å². The van der Waals surface area contributed by atoms with Crippen molar-refractivity contribution in [2.75, 3.05) is 6.61 Å². The Balaban J connectivity index is 1.48. The number of ether oxygens (including phenoxy) is 1. The van der Waals surface area contributed by atoms with Gasteiger partial charge in [0.05, 0.1) is 0 Å². The number of fused-ring (bicyclic) bond motifs is 3. The zero-order valence-corrected chi connectivity index (χ0v) is 20.4. The van der Waals surface area contributed by atoms with Crippen molar-refractivity contribution in [2.45, 2.75) is 69.9 Å². The van der Waals surface area contributed by atoms with Crippen LogP contribution in [0.15, 0.2) is 48.5 Å². The van der Waals surface area contributed by atoms with Crippen molar-refractivity contribution in [1.29, 1.82) is 0 Å². The molecule has 35 heavy (non-hydrogen) atoms. The van der Waals surface area contributed by atoms with Gasteiger partial charge in [0, 0.05) is 5.92 Å². The van der Waals surface area contributed by atoms with Crippen molar-refractivity contribution in [1.82, 2.24) is 10.6 Å². The number of hydrogen-bond acceptors (Lipinski definition) is 4. The molecule has 186 valence electrons. The van der Waals surface area contributed by atoms with Gasteiger partial charge in [-0.05, 0) is 47.4 Å². The van der Waals surface area contributed by atoms with Gasteiger partial charge in [-0.2, -0.15) is 0 Å². The third-order valence-electron chi connectivity index (χ3n) is 7.30. The molecular formula is C28H34N2O5. The minimum absolute atomic E-state index is 0.0795. The fourth-order valence-corrected chi connectivity index (χ4v) is 5.60. The predicted molar refractivity (Wildman–Crippen MR) is 133 cm³/mol. The van der Waals surface area contributed by atoms with E-state index in [0.717, 1.165) is 35.1 Å². The molecule has 3 atom stereocenters. The van der Waals surface area contributed by atoms with E-state index in [-0.39, 0.29) is 18.4 Å². The molecule has 0 spiro atoms. The van der Waals surface area contributed by atoms with Crippen LogP contribution in [0, 0.1) is 5.92 Å². The number of aliphatic carboxylic acids is 1. The minimum Gasteiger partial charge on any atom is -0.480 e. The molecule has 2 unspecified atom stereocenters. The molecule has 2 amide bonds. The van der Waals surface area contributed by atoms with Crippen LogP contribution >= 0.6 is 0 Å². The van der Waals surface area contributed by atoms with Gasteiger partial charge in [0.25, 0.3) is 0 Å². The molecule has 2 aromatic rings. The van der Waals surface area contributed by atoms with E-state index in [0.29, 0.717) is 25.7 Å². The van der Waals surface area contributed by atoms with E-state index in [1.165, 1.54) is 0 Å². The Labute approximate surface area is 206 Å².